The van der Waals surface area contributed by atoms with E-state index in [9.17, 15) is 14.4 Å². The molecule has 1 aromatic heterocycles. The number of carbonyl (C=O) groups excluding carboxylic acids is 3. The van der Waals surface area contributed by atoms with Crippen LogP contribution in [0, 0.1) is 0 Å². The van der Waals surface area contributed by atoms with Crippen LogP contribution >= 0.6 is 11.8 Å². The molecule has 11 heteroatoms. The van der Waals surface area contributed by atoms with E-state index in [0.717, 1.165) is 0 Å². The molecule has 0 bridgehead atoms. The molecule has 3 aromatic carbocycles. The Kier molecular flexibility index (Phi) is 10.9. The number of esters is 1. The molecule has 0 spiro atoms. The van der Waals surface area contributed by atoms with Gasteiger partial charge in [-0.2, -0.15) is 0 Å². The molecular weight excluding hydrogens is 628 g/mol. The van der Waals surface area contributed by atoms with Gasteiger partial charge in [0.05, 0.1) is 18.2 Å². The monoisotopic (exact) mass is 666 g/mol. The maximum absolute atomic E-state index is 14.2. The van der Waals surface area contributed by atoms with Crippen LogP contribution in [-0.2, 0) is 14.3 Å². The van der Waals surface area contributed by atoms with Crippen molar-refractivity contribution >= 4 is 29.5 Å². The molecule has 48 heavy (non-hydrogen) atoms. The fourth-order valence-electron chi connectivity index (χ4n) is 5.93. The minimum atomic E-state index is -0.931. The van der Waals surface area contributed by atoms with Gasteiger partial charge in [-0.3, -0.25) is 14.5 Å². The van der Waals surface area contributed by atoms with Crippen molar-refractivity contribution in [2.24, 2.45) is 0 Å². The van der Waals surface area contributed by atoms with Crippen LogP contribution < -0.4 is 14.8 Å². The molecule has 10 nitrogen and oxygen atoms in total. The number of pyridine rings is 1. The van der Waals surface area contributed by atoms with Crippen molar-refractivity contribution in [3.8, 4) is 11.5 Å². The van der Waals surface area contributed by atoms with Gasteiger partial charge in [-0.05, 0) is 42.3 Å². The lowest BCUT2D eigenvalue weighted by molar-refractivity contribution is -0.140. The number of nitrogens with one attached hydrogen (secondary N) is 1. The molecule has 1 saturated heterocycles. The fourth-order valence-corrected chi connectivity index (χ4v) is 6.92. The Morgan fingerprint density at radius 3 is 2.19 bits per heavy atom. The van der Waals surface area contributed by atoms with Crippen LogP contribution in [0.5, 0.6) is 11.5 Å². The number of hydrogen-bond donors (Lipinski definition) is 1. The Hall–Kier alpha value is -4.87. The summed E-state index contributed by atoms with van der Waals surface area (Å²) < 4.78 is 16.9. The molecule has 2 aliphatic heterocycles. The summed E-state index contributed by atoms with van der Waals surface area (Å²) in [5.74, 6) is 0.0209. The van der Waals surface area contributed by atoms with Gasteiger partial charge in [0.25, 0.3) is 5.91 Å². The van der Waals surface area contributed by atoms with E-state index >= 15 is 0 Å². The number of rotatable bonds is 11. The van der Waals surface area contributed by atoms with E-state index in [4.69, 9.17) is 14.2 Å². The third-order valence-electron chi connectivity index (χ3n) is 8.29. The van der Waals surface area contributed by atoms with Crippen LogP contribution in [0.1, 0.15) is 34.5 Å². The second-order valence-electron chi connectivity index (χ2n) is 11.4. The van der Waals surface area contributed by atoms with Crippen molar-refractivity contribution in [1.82, 2.24) is 20.1 Å². The number of hydrogen-bond acceptors (Lipinski definition) is 9. The first-order valence-corrected chi connectivity index (χ1v) is 17.1. The molecule has 2 aliphatic rings. The molecule has 6 rings (SSSR count). The van der Waals surface area contributed by atoms with Gasteiger partial charge in [0.15, 0.2) is 11.5 Å². The van der Waals surface area contributed by atoms with Crippen LogP contribution in [0.2, 0.25) is 0 Å². The predicted octanol–water partition coefficient (Wildman–Crippen LogP) is 4.61. The second-order valence-corrected chi connectivity index (χ2v) is 12.4. The molecular formula is C37H38N4O6S. The van der Waals surface area contributed by atoms with Crippen molar-refractivity contribution in [1.29, 1.82) is 0 Å². The van der Waals surface area contributed by atoms with E-state index in [1.54, 1.807) is 48.4 Å². The van der Waals surface area contributed by atoms with E-state index in [1.165, 1.54) is 22.9 Å². The highest BCUT2D eigenvalue weighted by atomic mass is 32.2. The van der Waals surface area contributed by atoms with E-state index in [0.29, 0.717) is 48.3 Å². The third-order valence-corrected chi connectivity index (χ3v) is 9.39. The molecule has 3 heterocycles. The van der Waals surface area contributed by atoms with Crippen molar-refractivity contribution < 1.29 is 28.6 Å². The Labute approximate surface area is 284 Å². The highest BCUT2D eigenvalue weighted by molar-refractivity contribution is 7.99. The summed E-state index contributed by atoms with van der Waals surface area (Å²) in [6.07, 6.45) is 0.653. The summed E-state index contributed by atoms with van der Waals surface area (Å²) in [6.45, 7) is 4.25. The second kappa shape index (κ2) is 15.8. The minimum absolute atomic E-state index is 0.0170. The molecule has 2 unspecified atom stereocenters. The standard InChI is InChI=1S/C37H38N4O6S/c1-2-45-37(44)28-16-11-19-38-35(28)48-25-29(39-34(42)32-24-46-30-17-9-10-18-31(30)47-32)36(43)41-22-20-40(21-23-41)33(26-12-5-3-6-13-26)27-14-7-4-8-15-27/h3-19,29,32-33H,2,20-25H2,1H3,(H,39,42). The smallest absolute Gasteiger partial charge is 0.340 e. The first kappa shape index (κ1) is 33.0. The molecule has 0 radical (unpaired) electrons. The summed E-state index contributed by atoms with van der Waals surface area (Å²) in [6, 6.07) is 30.3. The maximum atomic E-state index is 14.2. The van der Waals surface area contributed by atoms with Gasteiger partial charge >= 0.3 is 5.97 Å². The molecule has 1 N–H and O–H groups in total. The fraction of sp³-hybridized carbons (Fsp3) is 0.297. The van der Waals surface area contributed by atoms with E-state index < -0.39 is 24.0 Å². The van der Waals surface area contributed by atoms with Gasteiger partial charge in [0, 0.05) is 38.1 Å². The Morgan fingerprint density at radius 2 is 1.52 bits per heavy atom. The molecule has 2 atom stereocenters. The number of amides is 2. The summed E-state index contributed by atoms with van der Waals surface area (Å²) >= 11 is 1.22. The van der Waals surface area contributed by atoms with Crippen molar-refractivity contribution in [2.75, 3.05) is 45.1 Å². The van der Waals surface area contributed by atoms with E-state index in [1.807, 2.05) is 42.5 Å². The number of ether oxygens (including phenoxy) is 3. The van der Waals surface area contributed by atoms with E-state index in [-0.39, 0.29) is 30.9 Å². The van der Waals surface area contributed by atoms with Crippen molar-refractivity contribution in [2.45, 2.75) is 30.1 Å². The molecule has 0 saturated carbocycles. The number of nitrogens with zero attached hydrogens (tertiary/aromatic N) is 3. The van der Waals surface area contributed by atoms with E-state index in [2.05, 4.69) is 39.5 Å². The molecule has 4 aromatic rings. The SMILES string of the molecule is CCOC(=O)c1cccnc1SCC(NC(=O)C1COc2ccccc2O1)C(=O)N1CCN(C(c2ccccc2)c2ccccc2)CC1. The maximum Gasteiger partial charge on any atom is 0.340 e. The number of thioether (sulfide) groups is 1. The Bertz CT molecular complexity index is 1660. The van der Waals surface area contributed by atoms with Gasteiger partial charge in [-0.1, -0.05) is 72.8 Å². The topological polar surface area (TPSA) is 110 Å². The quantitative estimate of drug-likeness (QED) is 0.181. The minimum Gasteiger partial charge on any atom is -0.485 e. The Balaban J connectivity index is 1.18. The number of benzene rings is 3. The largest absolute Gasteiger partial charge is 0.485 e. The predicted molar refractivity (Wildman–Crippen MR) is 182 cm³/mol. The molecule has 1 fully saturated rings. The number of fused-ring (bicyclic) bond motifs is 1. The van der Waals surface area contributed by atoms with Gasteiger partial charge in [-0.25, -0.2) is 9.78 Å². The lowest BCUT2D eigenvalue weighted by atomic mass is 9.96. The lowest BCUT2D eigenvalue weighted by Crippen LogP contribution is -2.58. The highest BCUT2D eigenvalue weighted by Gasteiger charge is 2.35. The first-order valence-electron chi connectivity index (χ1n) is 16.1. The van der Waals surface area contributed by atoms with Crippen LogP contribution in [-0.4, -0.2) is 89.9 Å². The summed E-state index contributed by atoms with van der Waals surface area (Å²) in [5.41, 5.74) is 2.69. The Morgan fingerprint density at radius 1 is 0.875 bits per heavy atom. The normalized spacial score (nSPS) is 16.6. The third kappa shape index (κ3) is 7.80. The van der Waals surface area contributed by atoms with Gasteiger partial charge in [-0.15, -0.1) is 11.8 Å². The zero-order valence-corrected chi connectivity index (χ0v) is 27.5. The summed E-state index contributed by atoms with van der Waals surface area (Å²) in [4.78, 5) is 48.9. The number of carbonyl (C=O) groups is 3. The van der Waals surface area contributed by atoms with Gasteiger partial charge < -0.3 is 24.4 Å². The first-order chi connectivity index (χ1) is 23.5. The lowest BCUT2D eigenvalue weighted by Gasteiger charge is -2.40. The number of para-hydroxylation sites is 2. The highest BCUT2D eigenvalue weighted by Crippen LogP contribution is 2.32. The van der Waals surface area contributed by atoms with Gasteiger partial charge in [0.1, 0.15) is 17.7 Å². The average Bonchev–Trinajstić information content (AvgIpc) is 3.14. The van der Waals surface area contributed by atoms with Crippen molar-refractivity contribution in [3.63, 3.8) is 0 Å². The van der Waals surface area contributed by atoms with Crippen molar-refractivity contribution in [3.05, 3.63) is 120 Å². The summed E-state index contributed by atoms with van der Waals surface area (Å²) in [5, 5.41) is 3.35. The molecule has 248 valence electrons. The zero-order chi connectivity index (χ0) is 33.3. The number of aromatic nitrogens is 1. The van der Waals surface area contributed by atoms with Crippen LogP contribution in [0.4, 0.5) is 0 Å². The zero-order valence-electron chi connectivity index (χ0n) is 26.7. The van der Waals surface area contributed by atoms with Crippen LogP contribution in [0.15, 0.2) is 108 Å². The van der Waals surface area contributed by atoms with Crippen LogP contribution in [0.3, 0.4) is 0 Å². The molecule has 2 amide bonds. The molecule has 0 aliphatic carbocycles. The summed E-state index contributed by atoms with van der Waals surface area (Å²) in [7, 11) is 0. The number of piperazine rings is 1. The van der Waals surface area contributed by atoms with Crippen LogP contribution in [0.25, 0.3) is 0 Å². The van der Waals surface area contributed by atoms with Gasteiger partial charge in [0.2, 0.25) is 12.0 Å². The average molecular weight is 667 g/mol.